The molecule has 0 spiro atoms. The Balaban J connectivity index is 1.82. The third kappa shape index (κ3) is 3.49. The molecule has 0 amide bonds. The normalized spacial score (nSPS) is 20.8. The van der Waals surface area contributed by atoms with Gasteiger partial charge in [0, 0.05) is 23.2 Å². The highest BCUT2D eigenvalue weighted by atomic mass is 35.5. The monoisotopic (exact) mass is 371 g/mol. The van der Waals surface area contributed by atoms with Crippen LogP contribution >= 0.6 is 23.2 Å². The zero-order valence-corrected chi connectivity index (χ0v) is 16.4. The molecule has 0 saturated heterocycles. The summed E-state index contributed by atoms with van der Waals surface area (Å²) in [6.45, 7) is 14.3. The van der Waals surface area contributed by atoms with E-state index in [2.05, 4.69) is 69.6 Å². The number of hydrogen-bond acceptors (Lipinski definition) is 1. The highest BCUT2D eigenvalue weighted by Crippen LogP contribution is 2.67. The Morgan fingerprint density at radius 1 is 1.08 bits per heavy atom. The Bertz CT molecular complexity index is 831. The SMILES string of the molecule is C=Cc1cc(NC(=C)C2C(c3cc(C)cc(C)c3)C2(Cl)Cl)ccc1C. The van der Waals surface area contributed by atoms with E-state index in [1.807, 2.05) is 12.1 Å². The maximum Gasteiger partial charge on any atom is 0.134 e. The third-order valence-electron chi connectivity index (χ3n) is 4.84. The molecule has 25 heavy (non-hydrogen) atoms. The minimum atomic E-state index is -0.823. The minimum absolute atomic E-state index is 0.0227. The smallest absolute Gasteiger partial charge is 0.134 e. The second-order valence-corrected chi connectivity index (χ2v) is 8.42. The van der Waals surface area contributed by atoms with Crippen molar-refractivity contribution in [3.05, 3.63) is 83.1 Å². The third-order valence-corrected chi connectivity index (χ3v) is 5.78. The van der Waals surface area contributed by atoms with Gasteiger partial charge in [-0.05, 0) is 49.6 Å². The van der Waals surface area contributed by atoms with Crippen LogP contribution in [0.15, 0.2) is 55.3 Å². The van der Waals surface area contributed by atoms with Crippen LogP contribution in [0, 0.1) is 26.7 Å². The topological polar surface area (TPSA) is 12.0 Å². The molecule has 2 atom stereocenters. The lowest BCUT2D eigenvalue weighted by atomic mass is 10.0. The molecule has 1 fully saturated rings. The van der Waals surface area contributed by atoms with Crippen LogP contribution in [0.25, 0.3) is 6.08 Å². The van der Waals surface area contributed by atoms with Gasteiger partial charge in [0.1, 0.15) is 4.33 Å². The van der Waals surface area contributed by atoms with Crippen molar-refractivity contribution in [3.8, 4) is 0 Å². The molecule has 1 aliphatic carbocycles. The number of benzene rings is 2. The number of hydrogen-bond donors (Lipinski definition) is 1. The summed E-state index contributed by atoms with van der Waals surface area (Å²) < 4.78 is -0.823. The first-order chi connectivity index (χ1) is 11.7. The van der Waals surface area contributed by atoms with Crippen molar-refractivity contribution < 1.29 is 0 Å². The van der Waals surface area contributed by atoms with Crippen molar-refractivity contribution in [1.82, 2.24) is 0 Å². The van der Waals surface area contributed by atoms with Crippen molar-refractivity contribution in [2.45, 2.75) is 31.0 Å². The zero-order valence-electron chi connectivity index (χ0n) is 14.9. The fraction of sp³-hybridized carbons (Fsp3) is 0.273. The van der Waals surface area contributed by atoms with E-state index >= 15 is 0 Å². The van der Waals surface area contributed by atoms with E-state index in [1.54, 1.807) is 0 Å². The summed E-state index contributed by atoms with van der Waals surface area (Å²) >= 11 is 13.2. The van der Waals surface area contributed by atoms with Gasteiger partial charge >= 0.3 is 0 Å². The summed E-state index contributed by atoms with van der Waals surface area (Å²) in [5, 5.41) is 3.38. The van der Waals surface area contributed by atoms with E-state index in [-0.39, 0.29) is 11.8 Å². The van der Waals surface area contributed by atoms with Gasteiger partial charge in [-0.2, -0.15) is 0 Å². The Morgan fingerprint density at radius 2 is 1.72 bits per heavy atom. The van der Waals surface area contributed by atoms with Gasteiger partial charge in [-0.15, -0.1) is 23.2 Å². The lowest BCUT2D eigenvalue weighted by Gasteiger charge is -2.12. The molecule has 3 heteroatoms. The number of rotatable bonds is 5. The molecule has 0 aliphatic heterocycles. The molecular weight excluding hydrogens is 349 g/mol. The molecule has 0 radical (unpaired) electrons. The van der Waals surface area contributed by atoms with Crippen LogP contribution in [0.2, 0.25) is 0 Å². The van der Waals surface area contributed by atoms with Crippen molar-refractivity contribution in [2.24, 2.45) is 5.92 Å². The lowest BCUT2D eigenvalue weighted by molar-refractivity contribution is 0.944. The molecule has 0 aromatic heterocycles. The number of allylic oxidation sites excluding steroid dienone is 1. The summed E-state index contributed by atoms with van der Waals surface area (Å²) in [5.41, 5.74) is 7.71. The van der Waals surface area contributed by atoms with Crippen LogP contribution in [0.1, 0.15) is 33.7 Å². The summed E-state index contributed by atoms with van der Waals surface area (Å²) in [4.78, 5) is 0. The van der Waals surface area contributed by atoms with Crippen molar-refractivity contribution >= 4 is 35.0 Å². The Kier molecular flexibility index (Phi) is 4.74. The fourth-order valence-electron chi connectivity index (χ4n) is 3.57. The van der Waals surface area contributed by atoms with E-state index in [9.17, 15) is 0 Å². The maximum absolute atomic E-state index is 6.61. The van der Waals surface area contributed by atoms with Gasteiger partial charge in [0.05, 0.1) is 0 Å². The predicted octanol–water partition coefficient (Wildman–Crippen LogP) is 6.77. The average Bonchev–Trinajstić information content (AvgIpc) is 3.11. The first-order valence-corrected chi connectivity index (χ1v) is 9.14. The molecule has 3 rings (SSSR count). The Morgan fingerprint density at radius 3 is 2.32 bits per heavy atom. The molecule has 2 aromatic carbocycles. The van der Waals surface area contributed by atoms with Crippen LogP contribution in [0.4, 0.5) is 5.69 Å². The predicted molar refractivity (Wildman–Crippen MR) is 111 cm³/mol. The van der Waals surface area contributed by atoms with E-state index in [0.29, 0.717) is 0 Å². The lowest BCUT2D eigenvalue weighted by Crippen LogP contribution is -2.04. The Hall–Kier alpha value is -1.70. The number of anilines is 1. The van der Waals surface area contributed by atoms with Crippen molar-refractivity contribution in [1.29, 1.82) is 0 Å². The van der Waals surface area contributed by atoms with Gasteiger partial charge in [-0.1, -0.05) is 54.6 Å². The first kappa shape index (κ1) is 18.1. The van der Waals surface area contributed by atoms with Crippen LogP contribution in [-0.2, 0) is 0 Å². The molecule has 1 saturated carbocycles. The highest BCUT2D eigenvalue weighted by molar-refractivity contribution is 6.52. The summed E-state index contributed by atoms with van der Waals surface area (Å²) in [6.07, 6.45) is 1.85. The second-order valence-electron chi connectivity index (χ2n) is 6.98. The summed E-state index contributed by atoms with van der Waals surface area (Å²) in [5.74, 6) is 0.0317. The molecule has 1 nitrogen and oxygen atoms in total. The number of alkyl halides is 2. The van der Waals surface area contributed by atoms with Gasteiger partial charge in [0.25, 0.3) is 0 Å². The van der Waals surface area contributed by atoms with Crippen LogP contribution in [-0.4, -0.2) is 4.33 Å². The van der Waals surface area contributed by atoms with Gasteiger partial charge < -0.3 is 5.32 Å². The molecule has 1 aliphatic rings. The van der Waals surface area contributed by atoms with Crippen LogP contribution in [0.5, 0.6) is 0 Å². The summed E-state index contributed by atoms with van der Waals surface area (Å²) in [7, 11) is 0. The summed E-state index contributed by atoms with van der Waals surface area (Å²) in [6, 6.07) is 12.6. The van der Waals surface area contributed by atoms with Gasteiger partial charge in [-0.25, -0.2) is 0 Å². The molecular formula is C22H23Cl2N. The second kappa shape index (κ2) is 6.55. The molecule has 2 aromatic rings. The van der Waals surface area contributed by atoms with Crippen molar-refractivity contribution in [3.63, 3.8) is 0 Å². The Labute approximate surface area is 160 Å². The van der Waals surface area contributed by atoms with Gasteiger partial charge in [0.2, 0.25) is 0 Å². The minimum Gasteiger partial charge on any atom is -0.359 e. The first-order valence-electron chi connectivity index (χ1n) is 8.39. The average molecular weight is 372 g/mol. The molecule has 130 valence electrons. The molecule has 0 heterocycles. The van der Waals surface area contributed by atoms with E-state index in [1.165, 1.54) is 22.3 Å². The number of halogens is 2. The molecule has 0 bridgehead atoms. The zero-order chi connectivity index (χ0) is 18.4. The largest absolute Gasteiger partial charge is 0.359 e. The van der Waals surface area contributed by atoms with Gasteiger partial charge in [-0.3, -0.25) is 0 Å². The van der Waals surface area contributed by atoms with Crippen molar-refractivity contribution in [2.75, 3.05) is 5.32 Å². The standard InChI is InChI=1S/C22H23Cl2N/c1-6-17-12-19(8-7-15(17)4)25-16(5)20-21(22(20,23)24)18-10-13(2)9-14(3)11-18/h6-12,20-21,25H,1,5H2,2-4H3. The van der Waals surface area contributed by atoms with Gasteiger partial charge in [0.15, 0.2) is 0 Å². The van der Waals surface area contributed by atoms with Crippen LogP contribution < -0.4 is 5.32 Å². The van der Waals surface area contributed by atoms with Crippen LogP contribution in [0.3, 0.4) is 0 Å². The van der Waals surface area contributed by atoms with E-state index < -0.39 is 4.33 Å². The fourth-order valence-corrected chi connectivity index (χ4v) is 4.46. The number of aryl methyl sites for hydroxylation is 3. The van der Waals surface area contributed by atoms with E-state index in [0.717, 1.165) is 16.9 Å². The highest BCUT2D eigenvalue weighted by Gasteiger charge is 2.65. The van der Waals surface area contributed by atoms with E-state index in [4.69, 9.17) is 23.2 Å². The quantitative estimate of drug-likeness (QED) is 0.571. The molecule has 2 unspecified atom stereocenters. The maximum atomic E-state index is 6.61. The molecule has 1 N–H and O–H groups in total. The number of nitrogens with one attached hydrogen (secondary N) is 1.